The quantitative estimate of drug-likeness (QED) is 0.646. The number of hydrogen-bond donors (Lipinski definition) is 2. The summed E-state index contributed by atoms with van der Waals surface area (Å²) in [6.45, 7) is 0.541. The number of para-hydroxylation sites is 1. The van der Waals surface area contributed by atoms with Crippen molar-refractivity contribution in [3.05, 3.63) is 35.9 Å². The number of anilines is 3. The monoisotopic (exact) mass is 276 g/mol. The molecule has 2 aromatic rings. The molecule has 0 atom stereocenters. The Balaban J connectivity index is 2.28. The lowest BCUT2D eigenvalue weighted by Gasteiger charge is -2.11. The van der Waals surface area contributed by atoms with Gasteiger partial charge in [0.2, 0.25) is 0 Å². The molecule has 1 aromatic heterocycles. The van der Waals surface area contributed by atoms with Crippen LogP contribution in [0.5, 0.6) is 0 Å². The molecule has 0 unspecified atom stereocenters. The minimum atomic E-state index is 0.450. The van der Waals surface area contributed by atoms with Crippen molar-refractivity contribution in [3.63, 3.8) is 0 Å². The summed E-state index contributed by atoms with van der Waals surface area (Å²) in [5, 5.41) is 3.89. The zero-order valence-electron chi connectivity index (χ0n) is 10.9. The van der Waals surface area contributed by atoms with E-state index >= 15 is 0 Å². The van der Waals surface area contributed by atoms with Crippen molar-refractivity contribution in [2.24, 2.45) is 0 Å². The molecule has 6 heteroatoms. The second-order valence-corrected chi connectivity index (χ2v) is 4.65. The molecule has 0 aliphatic rings. The standard InChI is InChI=1S/C13H16N4OS/c1-18-8-9-5-3-4-6-10(9)15-12-7-11(14)16-13(17-12)19-2/h3-7H,8H2,1-2H3,(H3,14,15,16,17). The van der Waals surface area contributed by atoms with E-state index in [9.17, 15) is 0 Å². The zero-order chi connectivity index (χ0) is 13.7. The fraction of sp³-hybridized carbons (Fsp3) is 0.231. The fourth-order valence-corrected chi connectivity index (χ4v) is 2.05. The Hall–Kier alpha value is -1.79. The van der Waals surface area contributed by atoms with Crippen LogP contribution in [0, 0.1) is 0 Å². The Morgan fingerprint density at radius 2 is 2.11 bits per heavy atom. The maximum Gasteiger partial charge on any atom is 0.191 e. The van der Waals surface area contributed by atoms with E-state index < -0.39 is 0 Å². The lowest BCUT2D eigenvalue weighted by atomic mass is 10.2. The van der Waals surface area contributed by atoms with Gasteiger partial charge in [0.25, 0.3) is 0 Å². The van der Waals surface area contributed by atoms with E-state index in [-0.39, 0.29) is 0 Å². The van der Waals surface area contributed by atoms with Crippen LogP contribution in [0.2, 0.25) is 0 Å². The molecule has 0 saturated carbocycles. The van der Waals surface area contributed by atoms with Gasteiger partial charge in [-0.2, -0.15) is 0 Å². The number of benzene rings is 1. The van der Waals surface area contributed by atoms with Gasteiger partial charge in [-0.1, -0.05) is 30.0 Å². The summed E-state index contributed by atoms with van der Waals surface area (Å²) in [6.07, 6.45) is 1.91. The molecule has 0 saturated heterocycles. The Kier molecular flexibility index (Phi) is 4.59. The Labute approximate surface area is 116 Å². The topological polar surface area (TPSA) is 73.1 Å². The van der Waals surface area contributed by atoms with Gasteiger partial charge in [0.15, 0.2) is 5.16 Å². The molecule has 0 aliphatic heterocycles. The van der Waals surface area contributed by atoms with Gasteiger partial charge in [-0.05, 0) is 12.3 Å². The predicted molar refractivity (Wildman–Crippen MR) is 78.7 cm³/mol. The first-order chi connectivity index (χ1) is 9.22. The number of nitrogen functional groups attached to an aromatic ring is 1. The highest BCUT2D eigenvalue weighted by Crippen LogP contribution is 2.22. The lowest BCUT2D eigenvalue weighted by molar-refractivity contribution is 0.185. The summed E-state index contributed by atoms with van der Waals surface area (Å²) in [5.41, 5.74) is 7.77. The van der Waals surface area contributed by atoms with Crippen molar-refractivity contribution in [1.29, 1.82) is 0 Å². The summed E-state index contributed by atoms with van der Waals surface area (Å²) < 4.78 is 5.17. The predicted octanol–water partition coefficient (Wildman–Crippen LogP) is 2.67. The van der Waals surface area contributed by atoms with E-state index in [0.717, 1.165) is 11.3 Å². The molecule has 5 nitrogen and oxygen atoms in total. The van der Waals surface area contributed by atoms with Crippen LogP contribution in [0.15, 0.2) is 35.5 Å². The summed E-state index contributed by atoms with van der Waals surface area (Å²) in [6, 6.07) is 9.63. The molecule has 0 amide bonds. The Morgan fingerprint density at radius 3 is 2.84 bits per heavy atom. The van der Waals surface area contributed by atoms with E-state index in [4.69, 9.17) is 10.5 Å². The van der Waals surface area contributed by atoms with Crippen LogP contribution in [-0.4, -0.2) is 23.3 Å². The second-order valence-electron chi connectivity index (χ2n) is 3.88. The van der Waals surface area contributed by atoms with Gasteiger partial charge in [0, 0.05) is 24.4 Å². The SMILES string of the molecule is COCc1ccccc1Nc1cc(N)nc(SC)n1. The first-order valence-electron chi connectivity index (χ1n) is 5.75. The van der Waals surface area contributed by atoms with Crippen molar-refractivity contribution < 1.29 is 4.74 Å². The summed E-state index contributed by atoms with van der Waals surface area (Å²) in [7, 11) is 1.67. The van der Waals surface area contributed by atoms with Crippen LogP contribution in [0.4, 0.5) is 17.3 Å². The summed E-state index contributed by atoms with van der Waals surface area (Å²) in [4.78, 5) is 8.49. The second kappa shape index (κ2) is 6.40. The molecule has 1 heterocycles. The number of aromatic nitrogens is 2. The first-order valence-corrected chi connectivity index (χ1v) is 6.98. The fourth-order valence-electron chi connectivity index (χ4n) is 1.66. The van der Waals surface area contributed by atoms with Gasteiger partial charge in [0.1, 0.15) is 11.6 Å². The molecule has 0 spiro atoms. The number of nitrogens with two attached hydrogens (primary N) is 1. The van der Waals surface area contributed by atoms with Gasteiger partial charge < -0.3 is 15.8 Å². The van der Waals surface area contributed by atoms with Crippen molar-refractivity contribution in [1.82, 2.24) is 9.97 Å². The summed E-state index contributed by atoms with van der Waals surface area (Å²) in [5.74, 6) is 1.13. The number of rotatable bonds is 5. The molecule has 19 heavy (non-hydrogen) atoms. The average molecular weight is 276 g/mol. The molecular weight excluding hydrogens is 260 g/mol. The smallest absolute Gasteiger partial charge is 0.191 e. The normalized spacial score (nSPS) is 10.4. The van der Waals surface area contributed by atoms with E-state index in [2.05, 4.69) is 15.3 Å². The zero-order valence-corrected chi connectivity index (χ0v) is 11.7. The van der Waals surface area contributed by atoms with Crippen LogP contribution in [0.3, 0.4) is 0 Å². The number of thioether (sulfide) groups is 1. The van der Waals surface area contributed by atoms with Crippen LogP contribution in [-0.2, 0) is 11.3 Å². The lowest BCUT2D eigenvalue weighted by Crippen LogP contribution is -2.02. The maximum atomic E-state index is 5.76. The van der Waals surface area contributed by atoms with Crippen LogP contribution >= 0.6 is 11.8 Å². The number of nitrogens with zero attached hydrogens (tertiary/aromatic N) is 2. The van der Waals surface area contributed by atoms with Crippen molar-refractivity contribution in [2.75, 3.05) is 24.4 Å². The molecule has 2 rings (SSSR count). The van der Waals surface area contributed by atoms with Gasteiger partial charge in [-0.15, -0.1) is 0 Å². The number of nitrogens with one attached hydrogen (secondary N) is 1. The number of methoxy groups -OCH3 is 1. The van der Waals surface area contributed by atoms with E-state index in [1.165, 1.54) is 11.8 Å². The third-order valence-electron chi connectivity index (χ3n) is 2.49. The average Bonchev–Trinajstić information content (AvgIpc) is 2.40. The Bertz CT molecular complexity index is 562. The third kappa shape index (κ3) is 3.59. The number of hydrogen-bond acceptors (Lipinski definition) is 6. The van der Waals surface area contributed by atoms with Crippen molar-refractivity contribution >= 4 is 29.1 Å². The summed E-state index contributed by atoms with van der Waals surface area (Å²) >= 11 is 1.46. The van der Waals surface area contributed by atoms with E-state index in [1.54, 1.807) is 13.2 Å². The van der Waals surface area contributed by atoms with Gasteiger partial charge in [0.05, 0.1) is 6.61 Å². The van der Waals surface area contributed by atoms with Crippen molar-refractivity contribution in [2.45, 2.75) is 11.8 Å². The minimum Gasteiger partial charge on any atom is -0.383 e. The first kappa shape index (κ1) is 13.6. The minimum absolute atomic E-state index is 0.450. The molecule has 0 bridgehead atoms. The van der Waals surface area contributed by atoms with Crippen LogP contribution < -0.4 is 11.1 Å². The van der Waals surface area contributed by atoms with E-state index in [0.29, 0.717) is 23.4 Å². The molecule has 3 N–H and O–H groups in total. The molecule has 0 radical (unpaired) electrons. The molecule has 1 aromatic carbocycles. The molecule has 100 valence electrons. The maximum absolute atomic E-state index is 5.76. The highest BCUT2D eigenvalue weighted by atomic mass is 32.2. The number of ether oxygens (including phenoxy) is 1. The Morgan fingerprint density at radius 1 is 1.32 bits per heavy atom. The molecule has 0 aliphatic carbocycles. The highest BCUT2D eigenvalue weighted by molar-refractivity contribution is 7.98. The van der Waals surface area contributed by atoms with E-state index in [1.807, 2.05) is 30.5 Å². The van der Waals surface area contributed by atoms with Crippen LogP contribution in [0.1, 0.15) is 5.56 Å². The van der Waals surface area contributed by atoms with Crippen LogP contribution in [0.25, 0.3) is 0 Å². The molecule has 0 fully saturated rings. The van der Waals surface area contributed by atoms with Gasteiger partial charge in [-0.3, -0.25) is 0 Å². The highest BCUT2D eigenvalue weighted by Gasteiger charge is 2.05. The largest absolute Gasteiger partial charge is 0.383 e. The van der Waals surface area contributed by atoms with Gasteiger partial charge >= 0.3 is 0 Å². The molecular formula is C13H16N4OS. The van der Waals surface area contributed by atoms with Gasteiger partial charge in [-0.25, -0.2) is 9.97 Å². The third-order valence-corrected chi connectivity index (χ3v) is 3.04. The van der Waals surface area contributed by atoms with Crippen molar-refractivity contribution in [3.8, 4) is 0 Å².